The summed E-state index contributed by atoms with van der Waals surface area (Å²) in [5.41, 5.74) is 2.05. The maximum atomic E-state index is 15.7. The maximum absolute atomic E-state index is 15.7. The molecule has 0 amide bonds. The third-order valence-corrected chi connectivity index (χ3v) is 5.37. The van der Waals surface area contributed by atoms with Gasteiger partial charge in [-0.3, -0.25) is 9.36 Å². The molecule has 0 bridgehead atoms. The normalized spacial score (nSPS) is 24.4. The molecule has 1 saturated heterocycles. The zero-order chi connectivity index (χ0) is 23.6. The van der Waals surface area contributed by atoms with Gasteiger partial charge in [0.1, 0.15) is 18.5 Å². The van der Waals surface area contributed by atoms with Gasteiger partial charge < -0.3 is 20.3 Å². The third kappa shape index (κ3) is 4.13. The first kappa shape index (κ1) is 22.3. The summed E-state index contributed by atoms with van der Waals surface area (Å²) in [4.78, 5) is 41.3. The third-order valence-electron chi connectivity index (χ3n) is 5.37. The van der Waals surface area contributed by atoms with Gasteiger partial charge in [0.25, 0.3) is 0 Å². The SMILES string of the molecule is Nc1ccn([C@@H]2O[C@H](COC(=O)c3ccccc3)[C@](O)(C(=O)c3ccccc3)[C@@H]2F)c(=O)n1. The molecule has 9 nitrogen and oxygen atoms in total. The van der Waals surface area contributed by atoms with Gasteiger partial charge in [0.2, 0.25) is 0 Å². The van der Waals surface area contributed by atoms with Crippen molar-refractivity contribution in [3.63, 3.8) is 0 Å². The summed E-state index contributed by atoms with van der Waals surface area (Å²) in [5.74, 6) is -1.82. The number of carbonyl (C=O) groups is 2. The highest BCUT2D eigenvalue weighted by atomic mass is 19.1. The van der Waals surface area contributed by atoms with E-state index in [2.05, 4.69) is 4.98 Å². The van der Waals surface area contributed by atoms with E-state index in [1.807, 2.05) is 0 Å². The number of halogens is 1. The summed E-state index contributed by atoms with van der Waals surface area (Å²) >= 11 is 0. The molecule has 170 valence electrons. The Morgan fingerprint density at radius 1 is 1.09 bits per heavy atom. The minimum Gasteiger partial charge on any atom is -0.459 e. The number of nitrogens with two attached hydrogens (primary N) is 1. The van der Waals surface area contributed by atoms with E-state index in [1.165, 1.54) is 30.3 Å². The van der Waals surface area contributed by atoms with Gasteiger partial charge in [-0.25, -0.2) is 14.0 Å². The van der Waals surface area contributed by atoms with Gasteiger partial charge in [0.15, 0.2) is 23.8 Å². The largest absolute Gasteiger partial charge is 0.459 e. The van der Waals surface area contributed by atoms with Crippen LogP contribution in [0, 0.1) is 0 Å². The molecule has 4 atom stereocenters. The molecule has 0 saturated carbocycles. The molecule has 1 aromatic heterocycles. The number of ether oxygens (including phenoxy) is 2. The standard InChI is InChI=1S/C23H20FN3O6/c24-18-20(27-12-11-17(25)26-22(27)30)33-16(13-32-21(29)15-9-5-2-6-10-15)23(18,31)19(28)14-7-3-1-4-8-14/h1-12,16,18,20,31H,13H2,(H2,25,26,30)/t16-,18-,20-,23-/m1/s1. The van der Waals surface area contributed by atoms with Crippen LogP contribution < -0.4 is 11.4 Å². The van der Waals surface area contributed by atoms with Gasteiger partial charge in [-0.2, -0.15) is 4.98 Å². The summed E-state index contributed by atoms with van der Waals surface area (Å²) in [6.07, 6.45) is -4.55. The molecule has 4 rings (SSSR count). The molecule has 1 aliphatic rings. The minimum absolute atomic E-state index is 0.0223. The molecular formula is C23H20FN3O6. The van der Waals surface area contributed by atoms with Gasteiger partial charge in [0.05, 0.1) is 5.56 Å². The number of aliphatic hydroxyl groups is 1. The number of rotatable bonds is 6. The Labute approximate surface area is 187 Å². The van der Waals surface area contributed by atoms with Crippen molar-refractivity contribution in [1.82, 2.24) is 9.55 Å². The van der Waals surface area contributed by atoms with Crippen LogP contribution in [0.25, 0.3) is 0 Å². The molecular weight excluding hydrogens is 433 g/mol. The van der Waals surface area contributed by atoms with Crippen molar-refractivity contribution in [2.24, 2.45) is 0 Å². The lowest BCUT2D eigenvalue weighted by atomic mass is 9.85. The minimum atomic E-state index is -2.75. The maximum Gasteiger partial charge on any atom is 0.351 e. The summed E-state index contributed by atoms with van der Waals surface area (Å²) < 4.78 is 27.3. The first-order valence-electron chi connectivity index (χ1n) is 10.0. The fraction of sp³-hybridized carbons (Fsp3) is 0.217. The topological polar surface area (TPSA) is 134 Å². The number of nitrogen functional groups attached to an aromatic ring is 1. The molecule has 2 heterocycles. The predicted octanol–water partition coefficient (Wildman–Crippen LogP) is 1.53. The Hall–Kier alpha value is -3.89. The van der Waals surface area contributed by atoms with Gasteiger partial charge in [-0.05, 0) is 18.2 Å². The summed E-state index contributed by atoms with van der Waals surface area (Å²) in [6, 6.07) is 16.8. The predicted molar refractivity (Wildman–Crippen MR) is 114 cm³/mol. The van der Waals surface area contributed by atoms with Crippen LogP contribution in [-0.2, 0) is 9.47 Å². The lowest BCUT2D eigenvalue weighted by Gasteiger charge is -2.28. The van der Waals surface area contributed by atoms with E-state index < -0.39 is 48.2 Å². The number of Topliss-reactive ketones (excluding diaryl/α,β-unsaturated/α-hetero) is 1. The fourth-order valence-corrected chi connectivity index (χ4v) is 3.63. The van der Waals surface area contributed by atoms with Crippen LogP contribution in [0.15, 0.2) is 77.7 Å². The fourth-order valence-electron chi connectivity index (χ4n) is 3.63. The smallest absolute Gasteiger partial charge is 0.351 e. The molecule has 1 fully saturated rings. The van der Waals surface area contributed by atoms with Crippen LogP contribution in [0.3, 0.4) is 0 Å². The molecule has 0 radical (unpaired) electrons. The quantitative estimate of drug-likeness (QED) is 0.424. The average molecular weight is 453 g/mol. The van der Waals surface area contributed by atoms with Gasteiger partial charge >= 0.3 is 11.7 Å². The van der Waals surface area contributed by atoms with Crippen LogP contribution >= 0.6 is 0 Å². The molecule has 33 heavy (non-hydrogen) atoms. The van der Waals surface area contributed by atoms with Crippen molar-refractivity contribution in [2.75, 3.05) is 12.3 Å². The van der Waals surface area contributed by atoms with Crippen molar-refractivity contribution >= 4 is 17.6 Å². The first-order chi connectivity index (χ1) is 15.8. The Morgan fingerprint density at radius 2 is 1.70 bits per heavy atom. The van der Waals surface area contributed by atoms with Crippen molar-refractivity contribution in [3.8, 4) is 0 Å². The van der Waals surface area contributed by atoms with Crippen molar-refractivity contribution in [2.45, 2.75) is 24.1 Å². The van der Waals surface area contributed by atoms with Gasteiger partial charge in [-0.15, -0.1) is 0 Å². The van der Waals surface area contributed by atoms with E-state index in [4.69, 9.17) is 15.2 Å². The molecule has 0 unspecified atom stereocenters. The van der Waals surface area contributed by atoms with Crippen LogP contribution in [0.4, 0.5) is 10.2 Å². The monoisotopic (exact) mass is 453 g/mol. The van der Waals surface area contributed by atoms with E-state index in [1.54, 1.807) is 36.4 Å². The van der Waals surface area contributed by atoms with Crippen LogP contribution in [0.5, 0.6) is 0 Å². The molecule has 3 aromatic rings. The van der Waals surface area contributed by atoms with Crippen molar-refractivity contribution in [3.05, 3.63) is 94.5 Å². The zero-order valence-electron chi connectivity index (χ0n) is 17.2. The van der Waals surface area contributed by atoms with Crippen LogP contribution in [0.2, 0.25) is 0 Å². The number of ketones is 1. The molecule has 10 heteroatoms. The number of aromatic nitrogens is 2. The number of anilines is 1. The van der Waals surface area contributed by atoms with Crippen molar-refractivity contribution in [1.29, 1.82) is 0 Å². The summed E-state index contributed by atoms with van der Waals surface area (Å²) in [5, 5.41) is 11.3. The summed E-state index contributed by atoms with van der Waals surface area (Å²) in [6.45, 7) is -0.642. The second-order valence-electron chi connectivity index (χ2n) is 7.44. The zero-order valence-corrected chi connectivity index (χ0v) is 17.2. The van der Waals surface area contributed by atoms with Crippen LogP contribution in [0.1, 0.15) is 26.9 Å². The molecule has 2 aromatic carbocycles. The number of nitrogens with zero attached hydrogens (tertiary/aromatic N) is 2. The van der Waals surface area contributed by atoms with E-state index in [0.29, 0.717) is 0 Å². The first-order valence-corrected chi connectivity index (χ1v) is 10.0. The molecule has 1 aliphatic heterocycles. The highest BCUT2D eigenvalue weighted by Crippen LogP contribution is 2.41. The number of esters is 1. The average Bonchev–Trinajstić information content (AvgIpc) is 3.09. The van der Waals surface area contributed by atoms with Crippen LogP contribution in [-0.4, -0.2) is 50.9 Å². The van der Waals surface area contributed by atoms with E-state index in [9.17, 15) is 19.5 Å². The Bertz CT molecular complexity index is 1220. The second kappa shape index (κ2) is 8.93. The molecule has 0 spiro atoms. The second-order valence-corrected chi connectivity index (χ2v) is 7.44. The van der Waals surface area contributed by atoms with E-state index in [-0.39, 0.29) is 16.9 Å². The number of hydrogen-bond donors (Lipinski definition) is 2. The Morgan fingerprint density at radius 3 is 2.30 bits per heavy atom. The number of benzene rings is 2. The number of alkyl halides is 1. The van der Waals surface area contributed by atoms with Gasteiger partial charge in [0, 0.05) is 11.8 Å². The summed E-state index contributed by atoms with van der Waals surface area (Å²) in [7, 11) is 0. The lowest BCUT2D eigenvalue weighted by molar-refractivity contribution is -0.0742. The highest BCUT2D eigenvalue weighted by Gasteiger charge is 2.62. The van der Waals surface area contributed by atoms with E-state index >= 15 is 4.39 Å². The molecule has 3 N–H and O–H groups in total. The molecule has 0 aliphatic carbocycles. The highest BCUT2D eigenvalue weighted by molar-refractivity contribution is 6.03. The number of hydrogen-bond acceptors (Lipinski definition) is 8. The number of carbonyl (C=O) groups excluding carboxylic acids is 2. The Balaban J connectivity index is 1.67. The Kier molecular flexibility index (Phi) is 6.03. The van der Waals surface area contributed by atoms with Crippen molar-refractivity contribution < 1.29 is 28.6 Å². The van der Waals surface area contributed by atoms with E-state index in [0.717, 1.165) is 10.8 Å². The van der Waals surface area contributed by atoms with Gasteiger partial charge in [-0.1, -0.05) is 48.5 Å². The lowest BCUT2D eigenvalue weighted by Crippen LogP contribution is -2.54.